The predicted molar refractivity (Wildman–Crippen MR) is 80.6 cm³/mol. The summed E-state index contributed by atoms with van der Waals surface area (Å²) in [6.07, 6.45) is 2.15. The molecular formula is C17H18ClN. The maximum Gasteiger partial charge on any atom is 0.0411 e. The van der Waals surface area contributed by atoms with Gasteiger partial charge in [-0.15, -0.1) is 0 Å². The van der Waals surface area contributed by atoms with Crippen molar-refractivity contribution in [1.29, 1.82) is 0 Å². The van der Waals surface area contributed by atoms with Crippen LogP contribution in [-0.2, 0) is 6.42 Å². The zero-order valence-corrected chi connectivity index (χ0v) is 11.8. The van der Waals surface area contributed by atoms with Crippen LogP contribution in [0.3, 0.4) is 0 Å². The van der Waals surface area contributed by atoms with Crippen molar-refractivity contribution in [2.45, 2.75) is 31.7 Å². The van der Waals surface area contributed by atoms with Crippen molar-refractivity contribution in [1.82, 2.24) is 0 Å². The molecule has 0 saturated heterocycles. The van der Waals surface area contributed by atoms with Crippen LogP contribution in [0.2, 0.25) is 5.02 Å². The lowest BCUT2D eigenvalue weighted by molar-refractivity contribution is 0.498. The number of aryl methyl sites for hydroxylation is 1. The Labute approximate surface area is 119 Å². The highest BCUT2D eigenvalue weighted by Crippen LogP contribution is 2.40. The first kappa shape index (κ1) is 12.7. The highest BCUT2D eigenvalue weighted by Gasteiger charge is 2.27. The van der Waals surface area contributed by atoms with E-state index in [-0.39, 0.29) is 6.04 Å². The van der Waals surface area contributed by atoms with E-state index < -0.39 is 0 Å². The molecule has 98 valence electrons. The van der Waals surface area contributed by atoms with Crippen LogP contribution in [-0.4, -0.2) is 0 Å². The average Bonchev–Trinajstić information content (AvgIpc) is 2.34. The summed E-state index contributed by atoms with van der Waals surface area (Å²) in [5.74, 6) is 0.602. The summed E-state index contributed by atoms with van der Waals surface area (Å²) in [5.41, 5.74) is 11.6. The standard InChI is InChI=1S/C17H18ClN/c1-11-6-14(9-15(18)7-11)17(19)10-13-8-12-4-2-3-5-16(12)13/h2-7,9,13,17H,8,10,19H2,1H3. The number of rotatable bonds is 3. The molecule has 0 aliphatic heterocycles. The summed E-state index contributed by atoms with van der Waals surface area (Å²) in [7, 11) is 0. The molecule has 0 bridgehead atoms. The second-order valence-corrected chi connectivity index (χ2v) is 5.94. The molecule has 3 rings (SSSR count). The molecule has 2 heteroatoms. The van der Waals surface area contributed by atoms with Crippen LogP contribution in [0.5, 0.6) is 0 Å². The van der Waals surface area contributed by atoms with Crippen molar-refractivity contribution < 1.29 is 0 Å². The van der Waals surface area contributed by atoms with Crippen molar-refractivity contribution in [3.05, 3.63) is 69.7 Å². The number of fused-ring (bicyclic) bond motifs is 1. The topological polar surface area (TPSA) is 26.0 Å². The summed E-state index contributed by atoms with van der Waals surface area (Å²) < 4.78 is 0. The van der Waals surface area contributed by atoms with Crippen LogP contribution in [0.4, 0.5) is 0 Å². The number of hydrogen-bond acceptors (Lipinski definition) is 1. The van der Waals surface area contributed by atoms with Crippen molar-refractivity contribution in [3.63, 3.8) is 0 Å². The predicted octanol–water partition coefficient (Wildman–Crippen LogP) is 4.38. The third-order valence-corrected chi connectivity index (χ3v) is 4.21. The normalized spacial score (nSPS) is 18.6. The van der Waals surface area contributed by atoms with Crippen LogP contribution in [0, 0.1) is 6.92 Å². The molecule has 2 N–H and O–H groups in total. The van der Waals surface area contributed by atoms with E-state index in [0.29, 0.717) is 5.92 Å². The number of hydrogen-bond donors (Lipinski definition) is 1. The molecule has 19 heavy (non-hydrogen) atoms. The zero-order valence-electron chi connectivity index (χ0n) is 11.1. The van der Waals surface area contributed by atoms with Gasteiger partial charge in [-0.2, -0.15) is 0 Å². The van der Waals surface area contributed by atoms with Gasteiger partial charge >= 0.3 is 0 Å². The van der Waals surface area contributed by atoms with Gasteiger partial charge in [-0.05, 0) is 60.1 Å². The fourth-order valence-corrected chi connectivity index (χ4v) is 3.29. The lowest BCUT2D eigenvalue weighted by atomic mass is 9.74. The minimum absolute atomic E-state index is 0.0655. The van der Waals surface area contributed by atoms with Crippen LogP contribution in [0.1, 0.15) is 40.6 Å². The largest absolute Gasteiger partial charge is 0.324 e. The zero-order chi connectivity index (χ0) is 13.4. The van der Waals surface area contributed by atoms with E-state index in [1.165, 1.54) is 16.7 Å². The number of halogens is 1. The fraction of sp³-hybridized carbons (Fsp3) is 0.294. The van der Waals surface area contributed by atoms with Crippen molar-refractivity contribution in [2.75, 3.05) is 0 Å². The first-order chi connectivity index (χ1) is 9.13. The van der Waals surface area contributed by atoms with Gasteiger partial charge in [-0.3, -0.25) is 0 Å². The van der Waals surface area contributed by atoms with E-state index in [1.807, 2.05) is 12.1 Å². The molecule has 0 heterocycles. The molecule has 0 aromatic heterocycles. The maximum atomic E-state index is 6.34. The average molecular weight is 272 g/mol. The van der Waals surface area contributed by atoms with E-state index >= 15 is 0 Å². The van der Waals surface area contributed by atoms with Crippen LogP contribution in [0.15, 0.2) is 42.5 Å². The van der Waals surface area contributed by atoms with Crippen molar-refractivity contribution in [2.24, 2.45) is 5.73 Å². The maximum absolute atomic E-state index is 6.34. The summed E-state index contributed by atoms with van der Waals surface area (Å²) >= 11 is 6.10. The van der Waals surface area contributed by atoms with Gasteiger partial charge in [0.1, 0.15) is 0 Å². The molecule has 0 amide bonds. The monoisotopic (exact) mass is 271 g/mol. The molecule has 2 aromatic carbocycles. The van der Waals surface area contributed by atoms with Crippen molar-refractivity contribution in [3.8, 4) is 0 Å². The first-order valence-electron chi connectivity index (χ1n) is 6.74. The smallest absolute Gasteiger partial charge is 0.0411 e. The number of nitrogens with two attached hydrogens (primary N) is 1. The SMILES string of the molecule is Cc1cc(Cl)cc(C(N)CC2Cc3ccccc32)c1. The lowest BCUT2D eigenvalue weighted by Gasteiger charge is -2.32. The highest BCUT2D eigenvalue weighted by molar-refractivity contribution is 6.30. The van der Waals surface area contributed by atoms with Crippen LogP contribution >= 0.6 is 11.6 Å². The Hall–Kier alpha value is -1.31. The van der Waals surface area contributed by atoms with Crippen molar-refractivity contribution >= 4 is 11.6 Å². The van der Waals surface area contributed by atoms with Crippen LogP contribution < -0.4 is 5.73 Å². The van der Waals surface area contributed by atoms with Gasteiger partial charge in [0, 0.05) is 11.1 Å². The highest BCUT2D eigenvalue weighted by atomic mass is 35.5. The Bertz CT molecular complexity index is 586. The van der Waals surface area contributed by atoms with Gasteiger partial charge in [0.15, 0.2) is 0 Å². The lowest BCUT2D eigenvalue weighted by Crippen LogP contribution is -2.22. The van der Waals surface area contributed by atoms with E-state index in [1.54, 1.807) is 0 Å². The third-order valence-electron chi connectivity index (χ3n) is 3.99. The molecular weight excluding hydrogens is 254 g/mol. The molecule has 2 unspecified atom stereocenters. The molecule has 0 saturated carbocycles. The Morgan fingerprint density at radius 1 is 1.26 bits per heavy atom. The van der Waals surface area contributed by atoms with Gasteiger partial charge in [-0.1, -0.05) is 41.9 Å². The molecule has 1 aliphatic carbocycles. The fourth-order valence-electron chi connectivity index (χ4n) is 2.99. The molecule has 1 nitrogen and oxygen atoms in total. The Morgan fingerprint density at radius 3 is 2.79 bits per heavy atom. The molecule has 0 fully saturated rings. The molecule has 0 radical (unpaired) electrons. The third kappa shape index (κ3) is 2.54. The summed E-state index contributed by atoms with van der Waals surface area (Å²) in [5, 5.41) is 0.777. The van der Waals surface area contributed by atoms with Crippen LogP contribution in [0.25, 0.3) is 0 Å². The Balaban J connectivity index is 1.74. The number of benzene rings is 2. The van der Waals surface area contributed by atoms with Gasteiger partial charge in [0.25, 0.3) is 0 Å². The Kier molecular flexibility index (Phi) is 3.34. The van der Waals surface area contributed by atoms with Gasteiger partial charge in [-0.25, -0.2) is 0 Å². The van der Waals surface area contributed by atoms with E-state index in [2.05, 4.69) is 37.3 Å². The molecule has 0 spiro atoms. The summed E-state index contributed by atoms with van der Waals surface area (Å²) in [6, 6.07) is 14.8. The Morgan fingerprint density at radius 2 is 2.05 bits per heavy atom. The second kappa shape index (κ2) is 4.99. The minimum atomic E-state index is 0.0655. The molecule has 1 aliphatic rings. The quantitative estimate of drug-likeness (QED) is 0.881. The van der Waals surface area contributed by atoms with E-state index in [9.17, 15) is 0 Å². The van der Waals surface area contributed by atoms with E-state index in [4.69, 9.17) is 17.3 Å². The summed E-state index contributed by atoms with van der Waals surface area (Å²) in [4.78, 5) is 0. The van der Waals surface area contributed by atoms with E-state index in [0.717, 1.165) is 23.4 Å². The van der Waals surface area contributed by atoms with Gasteiger partial charge < -0.3 is 5.73 Å². The van der Waals surface area contributed by atoms with Gasteiger partial charge in [0.05, 0.1) is 0 Å². The van der Waals surface area contributed by atoms with Gasteiger partial charge in [0.2, 0.25) is 0 Å². The molecule has 2 aromatic rings. The molecule has 2 atom stereocenters. The minimum Gasteiger partial charge on any atom is -0.324 e. The second-order valence-electron chi connectivity index (χ2n) is 5.50. The summed E-state index contributed by atoms with van der Waals surface area (Å²) in [6.45, 7) is 2.06. The first-order valence-corrected chi connectivity index (χ1v) is 7.12.